The third kappa shape index (κ3) is 4.92. The molecular formula is C46H32N2. The summed E-state index contributed by atoms with van der Waals surface area (Å²) in [7, 11) is 0. The predicted molar refractivity (Wildman–Crippen MR) is 206 cm³/mol. The zero-order chi connectivity index (χ0) is 31.9. The summed E-state index contributed by atoms with van der Waals surface area (Å²) >= 11 is 0. The molecule has 226 valence electrons. The molecule has 0 amide bonds. The molecule has 9 aromatic rings. The van der Waals surface area contributed by atoms with Crippen LogP contribution < -0.4 is 9.80 Å². The Morgan fingerprint density at radius 3 is 1.19 bits per heavy atom. The Hall–Kier alpha value is -6.38. The lowest BCUT2D eigenvalue weighted by molar-refractivity contribution is 1.27. The van der Waals surface area contributed by atoms with E-state index in [1.807, 2.05) is 0 Å². The van der Waals surface area contributed by atoms with Crippen LogP contribution in [0.2, 0.25) is 0 Å². The minimum atomic E-state index is 1.10. The van der Waals surface area contributed by atoms with E-state index >= 15 is 0 Å². The maximum atomic E-state index is 2.41. The fourth-order valence-corrected chi connectivity index (χ4v) is 7.06. The largest absolute Gasteiger partial charge is 0.310 e. The minimum absolute atomic E-state index is 1.10. The van der Waals surface area contributed by atoms with Crippen molar-refractivity contribution in [2.75, 3.05) is 9.80 Å². The SMILES string of the molecule is c1ccc(N(c2ccc(N(c3ccccc3)c3c4ccccc4cc4ccccc34)cc2)c2ccc3cc4ccccc4cc3c2)cc1. The molecule has 48 heavy (non-hydrogen) atoms. The first-order chi connectivity index (χ1) is 23.8. The van der Waals surface area contributed by atoms with Crippen molar-refractivity contribution >= 4 is 77.2 Å². The van der Waals surface area contributed by atoms with E-state index in [0.717, 1.165) is 28.4 Å². The number of benzene rings is 9. The molecule has 0 saturated heterocycles. The van der Waals surface area contributed by atoms with Crippen LogP contribution in [-0.4, -0.2) is 0 Å². The standard InChI is InChI=1S/C46H32N2/c1-3-17-39(18-4-1)47(43-24-23-35-29-33-13-7-8-14-34(33)30-38(35)32-43)41-25-27-42(28-26-41)48(40-19-5-2-6-20-40)46-44-21-11-9-15-36(44)31-37-16-10-12-22-45(37)46/h1-32H. The molecule has 0 aliphatic rings. The third-order valence-corrected chi connectivity index (χ3v) is 9.31. The number of hydrogen-bond acceptors (Lipinski definition) is 2. The summed E-state index contributed by atoms with van der Waals surface area (Å²) in [5.74, 6) is 0. The summed E-state index contributed by atoms with van der Waals surface area (Å²) in [5, 5.41) is 9.86. The van der Waals surface area contributed by atoms with Gasteiger partial charge in [0.05, 0.1) is 5.69 Å². The number of fused-ring (bicyclic) bond motifs is 4. The molecule has 0 saturated carbocycles. The second kappa shape index (κ2) is 11.8. The smallest absolute Gasteiger partial charge is 0.0618 e. The van der Waals surface area contributed by atoms with E-state index in [2.05, 4.69) is 204 Å². The molecule has 0 heterocycles. The Labute approximate surface area is 280 Å². The third-order valence-electron chi connectivity index (χ3n) is 9.31. The molecule has 0 spiro atoms. The van der Waals surface area contributed by atoms with Crippen molar-refractivity contribution in [1.82, 2.24) is 0 Å². The van der Waals surface area contributed by atoms with Crippen molar-refractivity contribution in [3.8, 4) is 0 Å². The van der Waals surface area contributed by atoms with Gasteiger partial charge in [-0.3, -0.25) is 0 Å². The monoisotopic (exact) mass is 612 g/mol. The molecule has 0 aliphatic carbocycles. The normalized spacial score (nSPS) is 11.3. The molecule has 0 bridgehead atoms. The molecule has 0 N–H and O–H groups in total. The van der Waals surface area contributed by atoms with Gasteiger partial charge in [0.25, 0.3) is 0 Å². The molecule has 0 fully saturated rings. The number of rotatable bonds is 6. The van der Waals surface area contributed by atoms with Gasteiger partial charge in [0.15, 0.2) is 0 Å². The van der Waals surface area contributed by atoms with Gasteiger partial charge in [-0.1, -0.05) is 115 Å². The first kappa shape index (κ1) is 27.9. The van der Waals surface area contributed by atoms with E-state index in [9.17, 15) is 0 Å². The maximum absolute atomic E-state index is 2.41. The molecular weight excluding hydrogens is 581 g/mol. The van der Waals surface area contributed by atoms with Gasteiger partial charge in [0, 0.05) is 39.2 Å². The van der Waals surface area contributed by atoms with Crippen LogP contribution in [0, 0.1) is 0 Å². The van der Waals surface area contributed by atoms with Crippen LogP contribution in [0.3, 0.4) is 0 Å². The Morgan fingerprint density at radius 2 is 0.604 bits per heavy atom. The highest BCUT2D eigenvalue weighted by molar-refractivity contribution is 6.14. The number of nitrogens with zero attached hydrogens (tertiary/aromatic N) is 2. The van der Waals surface area contributed by atoms with Crippen LogP contribution in [0.5, 0.6) is 0 Å². The zero-order valence-corrected chi connectivity index (χ0v) is 26.4. The lowest BCUT2D eigenvalue weighted by Crippen LogP contribution is -2.12. The summed E-state index contributed by atoms with van der Waals surface area (Å²) in [6, 6.07) is 70.0. The van der Waals surface area contributed by atoms with Crippen molar-refractivity contribution in [3.63, 3.8) is 0 Å². The van der Waals surface area contributed by atoms with Gasteiger partial charge in [-0.25, -0.2) is 0 Å². The average Bonchev–Trinajstić information content (AvgIpc) is 3.15. The molecule has 2 heteroatoms. The van der Waals surface area contributed by atoms with Crippen LogP contribution in [0.25, 0.3) is 43.1 Å². The van der Waals surface area contributed by atoms with Gasteiger partial charge >= 0.3 is 0 Å². The Balaban J connectivity index is 1.21. The van der Waals surface area contributed by atoms with Gasteiger partial charge < -0.3 is 9.80 Å². The minimum Gasteiger partial charge on any atom is -0.310 e. The van der Waals surface area contributed by atoms with Crippen molar-refractivity contribution in [2.24, 2.45) is 0 Å². The zero-order valence-electron chi connectivity index (χ0n) is 26.4. The average molecular weight is 613 g/mol. The molecule has 0 aliphatic heterocycles. The van der Waals surface area contributed by atoms with Gasteiger partial charge in [0.2, 0.25) is 0 Å². The lowest BCUT2D eigenvalue weighted by Gasteiger charge is -2.30. The molecule has 0 radical (unpaired) electrons. The predicted octanol–water partition coefficient (Wildman–Crippen LogP) is 13.2. The summed E-state index contributed by atoms with van der Waals surface area (Å²) < 4.78 is 0. The highest BCUT2D eigenvalue weighted by Crippen LogP contribution is 2.45. The lowest BCUT2D eigenvalue weighted by atomic mass is 9.99. The molecule has 0 aromatic heterocycles. The molecule has 2 nitrogen and oxygen atoms in total. The second-order valence-electron chi connectivity index (χ2n) is 12.3. The van der Waals surface area contributed by atoms with Crippen molar-refractivity contribution < 1.29 is 0 Å². The topological polar surface area (TPSA) is 6.48 Å². The number of para-hydroxylation sites is 2. The first-order valence-corrected chi connectivity index (χ1v) is 16.4. The Kier molecular flexibility index (Phi) is 6.84. The molecule has 0 atom stereocenters. The Bertz CT molecular complexity index is 2500. The molecule has 9 rings (SSSR count). The quantitative estimate of drug-likeness (QED) is 0.172. The summed E-state index contributed by atoms with van der Waals surface area (Å²) in [5.41, 5.74) is 6.74. The van der Waals surface area contributed by atoms with E-state index in [1.165, 1.54) is 48.8 Å². The molecule has 9 aromatic carbocycles. The maximum Gasteiger partial charge on any atom is 0.0618 e. The van der Waals surface area contributed by atoms with Gasteiger partial charge in [-0.05, 0) is 111 Å². The number of anilines is 6. The van der Waals surface area contributed by atoms with Crippen molar-refractivity contribution in [3.05, 3.63) is 194 Å². The van der Waals surface area contributed by atoms with Gasteiger partial charge in [-0.15, -0.1) is 0 Å². The van der Waals surface area contributed by atoms with Gasteiger partial charge in [0.1, 0.15) is 0 Å². The summed E-state index contributed by atoms with van der Waals surface area (Å²) in [6.07, 6.45) is 0. The van der Waals surface area contributed by atoms with Crippen molar-refractivity contribution in [1.29, 1.82) is 0 Å². The first-order valence-electron chi connectivity index (χ1n) is 16.4. The molecule has 0 unspecified atom stereocenters. The summed E-state index contributed by atoms with van der Waals surface area (Å²) in [6.45, 7) is 0. The van der Waals surface area contributed by atoms with E-state index in [4.69, 9.17) is 0 Å². The fourth-order valence-electron chi connectivity index (χ4n) is 7.06. The highest BCUT2D eigenvalue weighted by atomic mass is 15.2. The fraction of sp³-hybridized carbons (Fsp3) is 0. The summed E-state index contributed by atoms with van der Waals surface area (Å²) in [4.78, 5) is 4.75. The number of hydrogen-bond donors (Lipinski definition) is 0. The highest BCUT2D eigenvalue weighted by Gasteiger charge is 2.20. The van der Waals surface area contributed by atoms with E-state index in [1.54, 1.807) is 0 Å². The van der Waals surface area contributed by atoms with Crippen molar-refractivity contribution in [2.45, 2.75) is 0 Å². The second-order valence-corrected chi connectivity index (χ2v) is 12.3. The van der Waals surface area contributed by atoms with Crippen LogP contribution in [-0.2, 0) is 0 Å². The van der Waals surface area contributed by atoms with Crippen LogP contribution in [0.15, 0.2) is 194 Å². The van der Waals surface area contributed by atoms with Gasteiger partial charge in [-0.2, -0.15) is 0 Å². The van der Waals surface area contributed by atoms with E-state index in [0.29, 0.717) is 0 Å². The van der Waals surface area contributed by atoms with E-state index < -0.39 is 0 Å². The van der Waals surface area contributed by atoms with E-state index in [-0.39, 0.29) is 0 Å². The van der Waals surface area contributed by atoms with Crippen LogP contribution in [0.1, 0.15) is 0 Å². The van der Waals surface area contributed by atoms with Crippen LogP contribution >= 0.6 is 0 Å². The van der Waals surface area contributed by atoms with Crippen LogP contribution in [0.4, 0.5) is 34.1 Å². The Morgan fingerprint density at radius 1 is 0.229 bits per heavy atom.